The molecule has 2 aromatic rings. The highest BCUT2D eigenvalue weighted by molar-refractivity contribution is 7.94. The van der Waals surface area contributed by atoms with E-state index in [0.29, 0.717) is 18.7 Å². The van der Waals surface area contributed by atoms with Gasteiger partial charge >= 0.3 is 0 Å². The van der Waals surface area contributed by atoms with Crippen molar-refractivity contribution in [3.8, 4) is 5.75 Å². The van der Waals surface area contributed by atoms with Crippen LogP contribution >= 0.6 is 11.3 Å². The Morgan fingerprint density at radius 1 is 1.29 bits per heavy atom. The van der Waals surface area contributed by atoms with Gasteiger partial charge in [-0.15, -0.1) is 11.3 Å². The first-order chi connectivity index (χ1) is 11.3. The second-order valence-corrected chi connectivity index (χ2v) is 10.0. The van der Waals surface area contributed by atoms with Gasteiger partial charge in [-0.05, 0) is 30.0 Å². The first-order valence-electron chi connectivity index (χ1n) is 7.08. The summed E-state index contributed by atoms with van der Waals surface area (Å²) in [7, 11) is -5.61. The Morgan fingerprint density at radius 3 is 2.67 bits per heavy atom. The predicted octanol–water partition coefficient (Wildman–Crippen LogP) is 2.10. The topological polar surface area (TPSA) is 92.8 Å². The Labute approximate surface area is 145 Å². The maximum Gasteiger partial charge on any atom is 0.271 e. The quantitative estimate of drug-likeness (QED) is 0.847. The Hall–Kier alpha value is -1.78. The van der Waals surface area contributed by atoms with E-state index in [-0.39, 0.29) is 21.4 Å². The maximum atomic E-state index is 12.3. The molecule has 2 heterocycles. The van der Waals surface area contributed by atoms with Gasteiger partial charge in [0.1, 0.15) is 9.96 Å². The van der Waals surface area contributed by atoms with Crippen molar-refractivity contribution < 1.29 is 21.6 Å². The van der Waals surface area contributed by atoms with Gasteiger partial charge in [-0.25, -0.2) is 16.8 Å². The predicted molar refractivity (Wildman–Crippen MR) is 93.9 cm³/mol. The van der Waals surface area contributed by atoms with E-state index < -0.39 is 20.0 Å². The number of nitrogens with zero attached hydrogens (tertiary/aromatic N) is 1. The molecule has 0 bridgehead atoms. The van der Waals surface area contributed by atoms with Crippen LogP contribution in [0.4, 0.5) is 11.4 Å². The molecule has 10 heteroatoms. The van der Waals surface area contributed by atoms with Crippen LogP contribution in [0.1, 0.15) is 6.42 Å². The molecule has 0 radical (unpaired) electrons. The fraction of sp³-hybridized carbons (Fsp3) is 0.286. The Kier molecular flexibility index (Phi) is 4.45. The molecule has 0 spiro atoms. The average molecular weight is 388 g/mol. The first-order valence-corrected chi connectivity index (χ1v) is 11.1. The molecule has 0 amide bonds. The van der Waals surface area contributed by atoms with E-state index in [0.717, 1.165) is 11.3 Å². The summed E-state index contributed by atoms with van der Waals surface area (Å²) in [6.07, 6.45) is 0.567. The molecule has 1 aromatic heterocycles. The molecule has 1 aliphatic rings. The second kappa shape index (κ2) is 6.26. The van der Waals surface area contributed by atoms with E-state index in [1.165, 1.54) is 29.6 Å². The van der Waals surface area contributed by atoms with Gasteiger partial charge in [-0.3, -0.25) is 9.03 Å². The molecule has 1 aromatic carbocycles. The summed E-state index contributed by atoms with van der Waals surface area (Å²) in [6.45, 7) is 0.408. The zero-order valence-electron chi connectivity index (χ0n) is 12.8. The summed E-state index contributed by atoms with van der Waals surface area (Å²) >= 11 is 1.11. The maximum absolute atomic E-state index is 12.3. The Morgan fingerprint density at radius 2 is 2.08 bits per heavy atom. The summed E-state index contributed by atoms with van der Waals surface area (Å²) in [5.74, 6) is 0.372. The molecule has 3 rings (SSSR count). The second-order valence-electron chi connectivity index (χ2n) is 5.16. The molecule has 1 fully saturated rings. The van der Waals surface area contributed by atoms with Crippen molar-refractivity contribution in [3.05, 3.63) is 35.7 Å². The minimum atomic E-state index is -3.70. The minimum absolute atomic E-state index is 0.113. The number of hydrogen-bond acceptors (Lipinski definition) is 6. The van der Waals surface area contributed by atoms with Crippen molar-refractivity contribution in [2.45, 2.75) is 10.6 Å². The average Bonchev–Trinajstić information content (AvgIpc) is 3.17. The Balaban J connectivity index is 1.93. The summed E-state index contributed by atoms with van der Waals surface area (Å²) in [5, 5.41) is 1.67. The third-order valence-electron chi connectivity index (χ3n) is 3.58. The van der Waals surface area contributed by atoms with Crippen LogP contribution in [0.2, 0.25) is 0 Å². The normalized spacial score (nSPS) is 17.0. The lowest BCUT2D eigenvalue weighted by molar-refractivity contribution is 0.417. The van der Waals surface area contributed by atoms with Crippen LogP contribution in [-0.4, -0.2) is 36.2 Å². The zero-order valence-corrected chi connectivity index (χ0v) is 15.2. The van der Waals surface area contributed by atoms with E-state index >= 15 is 0 Å². The highest BCUT2D eigenvalue weighted by Gasteiger charge is 2.29. The number of rotatable bonds is 5. The molecule has 24 heavy (non-hydrogen) atoms. The Bertz CT molecular complexity index is 937. The molecule has 130 valence electrons. The van der Waals surface area contributed by atoms with Crippen LogP contribution in [0.25, 0.3) is 0 Å². The van der Waals surface area contributed by atoms with Gasteiger partial charge in [0.05, 0.1) is 24.2 Å². The van der Waals surface area contributed by atoms with E-state index in [4.69, 9.17) is 4.74 Å². The van der Waals surface area contributed by atoms with Crippen LogP contribution < -0.4 is 13.8 Å². The molecule has 0 unspecified atom stereocenters. The molecule has 1 N–H and O–H groups in total. The van der Waals surface area contributed by atoms with Crippen LogP contribution in [0, 0.1) is 0 Å². The van der Waals surface area contributed by atoms with Crippen LogP contribution in [0.3, 0.4) is 0 Å². The molecule has 0 atom stereocenters. The summed E-state index contributed by atoms with van der Waals surface area (Å²) < 4.78 is 57.8. The van der Waals surface area contributed by atoms with E-state index in [1.807, 2.05) is 0 Å². The molecule has 1 saturated heterocycles. The first kappa shape index (κ1) is 17.1. The highest BCUT2D eigenvalue weighted by atomic mass is 32.2. The number of benzene rings is 1. The zero-order chi connectivity index (χ0) is 17.4. The lowest BCUT2D eigenvalue weighted by Crippen LogP contribution is -2.25. The molecular formula is C14H16N2O5S3. The van der Waals surface area contributed by atoms with Crippen LogP contribution in [0.15, 0.2) is 39.9 Å². The highest BCUT2D eigenvalue weighted by Crippen LogP contribution is 2.34. The van der Waals surface area contributed by atoms with Gasteiger partial charge in [-0.1, -0.05) is 6.07 Å². The van der Waals surface area contributed by atoms with Gasteiger partial charge < -0.3 is 4.74 Å². The lowest BCUT2D eigenvalue weighted by atomic mass is 10.2. The number of methoxy groups -OCH3 is 1. The monoisotopic (exact) mass is 388 g/mol. The van der Waals surface area contributed by atoms with Gasteiger partial charge in [0.2, 0.25) is 10.0 Å². The number of thiophene rings is 1. The summed E-state index contributed by atoms with van der Waals surface area (Å²) in [6, 6.07) is 7.75. The standard InChI is InChI=1S/C14H16N2O5S3/c1-21-13-10-11(16-7-3-9-23(16,17)18)5-6-12(13)15-24(19,20)14-4-2-8-22-14/h2,4-6,8,10,15H,3,7,9H2,1H3. The van der Waals surface area contributed by atoms with Crippen LogP contribution in [0.5, 0.6) is 5.75 Å². The van der Waals surface area contributed by atoms with Gasteiger partial charge in [-0.2, -0.15) is 0 Å². The van der Waals surface area contributed by atoms with Crippen molar-refractivity contribution in [3.63, 3.8) is 0 Å². The number of ether oxygens (including phenoxy) is 1. The van der Waals surface area contributed by atoms with E-state index in [1.54, 1.807) is 17.5 Å². The van der Waals surface area contributed by atoms with E-state index in [2.05, 4.69) is 4.72 Å². The molecule has 1 aliphatic heterocycles. The van der Waals surface area contributed by atoms with Crippen molar-refractivity contribution in [2.24, 2.45) is 0 Å². The third kappa shape index (κ3) is 3.21. The SMILES string of the molecule is COc1cc(N2CCCS2(=O)=O)ccc1NS(=O)(=O)c1cccs1. The van der Waals surface area contributed by atoms with E-state index in [9.17, 15) is 16.8 Å². The van der Waals surface area contributed by atoms with Gasteiger partial charge in [0.15, 0.2) is 0 Å². The summed E-state index contributed by atoms with van der Waals surface area (Å²) in [4.78, 5) is 0. The fourth-order valence-corrected chi connectivity index (χ4v) is 6.08. The number of nitrogens with one attached hydrogen (secondary N) is 1. The smallest absolute Gasteiger partial charge is 0.271 e. The van der Waals surface area contributed by atoms with Gasteiger partial charge in [0.25, 0.3) is 10.0 Å². The molecular weight excluding hydrogens is 372 g/mol. The minimum Gasteiger partial charge on any atom is -0.494 e. The number of anilines is 2. The van der Waals surface area contributed by atoms with Crippen molar-refractivity contribution >= 4 is 42.8 Å². The lowest BCUT2D eigenvalue weighted by Gasteiger charge is -2.19. The largest absolute Gasteiger partial charge is 0.494 e. The number of sulfonamides is 2. The fourth-order valence-electron chi connectivity index (χ4n) is 2.46. The molecule has 0 saturated carbocycles. The third-order valence-corrected chi connectivity index (χ3v) is 8.21. The van der Waals surface area contributed by atoms with Crippen LogP contribution in [-0.2, 0) is 20.0 Å². The molecule has 0 aliphatic carbocycles. The van der Waals surface area contributed by atoms with Gasteiger partial charge in [0, 0.05) is 12.6 Å². The van der Waals surface area contributed by atoms with Crippen molar-refractivity contribution in [1.82, 2.24) is 0 Å². The summed E-state index contributed by atoms with van der Waals surface area (Å²) in [5.41, 5.74) is 0.717. The number of hydrogen-bond donors (Lipinski definition) is 1. The van der Waals surface area contributed by atoms with Crippen molar-refractivity contribution in [2.75, 3.05) is 28.4 Å². The van der Waals surface area contributed by atoms with Crippen molar-refractivity contribution in [1.29, 1.82) is 0 Å². The molecule has 7 nitrogen and oxygen atoms in total.